The SMILES string of the molecule is CC1OC(C)OC(C)O1.Cc1ncc2n1-c1ccc(Cl)cc1C(c1ccccc1F)=NC2.Cl. The zero-order valence-electron chi connectivity index (χ0n) is 18.8. The number of imidazole rings is 1. The van der Waals surface area contributed by atoms with Crippen molar-refractivity contribution in [3.8, 4) is 5.69 Å². The summed E-state index contributed by atoms with van der Waals surface area (Å²) in [7, 11) is 0. The number of rotatable bonds is 1. The molecule has 1 saturated heterocycles. The zero-order valence-corrected chi connectivity index (χ0v) is 20.4. The highest BCUT2D eigenvalue weighted by molar-refractivity contribution is 6.31. The molecule has 3 heterocycles. The summed E-state index contributed by atoms with van der Waals surface area (Å²) in [4.78, 5) is 9.01. The second-order valence-electron chi connectivity index (χ2n) is 7.55. The summed E-state index contributed by atoms with van der Waals surface area (Å²) in [6, 6.07) is 12.3. The van der Waals surface area contributed by atoms with Crippen molar-refractivity contribution in [2.24, 2.45) is 4.99 Å². The first-order valence-electron chi connectivity index (χ1n) is 10.4. The lowest BCUT2D eigenvalue weighted by atomic mass is 10.00. The Bertz CT molecular complexity index is 1130. The molecule has 0 amide bonds. The van der Waals surface area contributed by atoms with Crippen molar-refractivity contribution in [1.82, 2.24) is 9.55 Å². The van der Waals surface area contributed by atoms with Gasteiger partial charge in [-0.1, -0.05) is 23.7 Å². The van der Waals surface area contributed by atoms with Gasteiger partial charge in [-0.25, -0.2) is 9.37 Å². The minimum absolute atomic E-state index is 0. The van der Waals surface area contributed by atoms with Crippen LogP contribution in [0.2, 0.25) is 5.02 Å². The van der Waals surface area contributed by atoms with Gasteiger partial charge >= 0.3 is 0 Å². The van der Waals surface area contributed by atoms with Crippen LogP contribution in [0.15, 0.2) is 53.7 Å². The molecule has 2 aromatic carbocycles. The number of aryl methyl sites for hydroxylation is 1. The standard InChI is InChI=1S/C18H13ClFN3.C6H12O3.ClH/c1-11-21-9-13-10-22-18(14-4-2-3-5-16(14)20)15-8-12(19)6-7-17(15)23(11)13;1-4-7-5(2)9-6(3)8-4;/h2-9H,10H2,1H3;4-6H,1-3H3;1H. The minimum atomic E-state index is -0.293. The molecule has 33 heavy (non-hydrogen) atoms. The topological polar surface area (TPSA) is 57.9 Å². The maximum absolute atomic E-state index is 14.3. The van der Waals surface area contributed by atoms with Gasteiger partial charge in [0.2, 0.25) is 0 Å². The fourth-order valence-corrected chi connectivity index (χ4v) is 4.03. The molecule has 6 nitrogen and oxygen atoms in total. The van der Waals surface area contributed by atoms with E-state index in [-0.39, 0.29) is 37.1 Å². The molecule has 1 fully saturated rings. The van der Waals surface area contributed by atoms with E-state index in [0.717, 1.165) is 22.8 Å². The molecule has 0 atom stereocenters. The Morgan fingerprint density at radius 1 is 0.970 bits per heavy atom. The van der Waals surface area contributed by atoms with Crippen molar-refractivity contribution in [3.05, 3.63) is 82.1 Å². The number of hydrogen-bond donors (Lipinski definition) is 0. The molecule has 0 bridgehead atoms. The molecule has 0 radical (unpaired) electrons. The summed E-state index contributed by atoms with van der Waals surface area (Å²) in [6.07, 6.45) is 1.40. The van der Waals surface area contributed by atoms with Gasteiger partial charge in [-0.3, -0.25) is 9.56 Å². The van der Waals surface area contributed by atoms with Crippen LogP contribution in [0.5, 0.6) is 0 Å². The van der Waals surface area contributed by atoms with Crippen LogP contribution < -0.4 is 0 Å². The van der Waals surface area contributed by atoms with Crippen LogP contribution in [0.4, 0.5) is 4.39 Å². The molecule has 0 N–H and O–H groups in total. The Morgan fingerprint density at radius 2 is 1.61 bits per heavy atom. The van der Waals surface area contributed by atoms with E-state index in [1.54, 1.807) is 12.1 Å². The smallest absolute Gasteiger partial charge is 0.161 e. The monoisotopic (exact) mass is 493 g/mol. The molecule has 5 rings (SSSR count). The number of ether oxygens (including phenoxy) is 3. The fourth-order valence-electron chi connectivity index (χ4n) is 3.86. The van der Waals surface area contributed by atoms with Gasteiger partial charge in [-0.2, -0.15) is 0 Å². The average molecular weight is 494 g/mol. The third-order valence-electron chi connectivity index (χ3n) is 5.14. The molecular weight excluding hydrogens is 468 g/mol. The van der Waals surface area contributed by atoms with Gasteiger partial charge in [0.25, 0.3) is 0 Å². The molecule has 0 spiro atoms. The highest BCUT2D eigenvalue weighted by Gasteiger charge is 2.22. The molecule has 0 unspecified atom stereocenters. The second-order valence-corrected chi connectivity index (χ2v) is 7.99. The summed E-state index contributed by atoms with van der Waals surface area (Å²) >= 11 is 6.19. The van der Waals surface area contributed by atoms with Gasteiger partial charge in [0, 0.05) is 16.1 Å². The van der Waals surface area contributed by atoms with Gasteiger partial charge in [-0.05, 0) is 58.0 Å². The number of aliphatic imine (C=N–C) groups is 1. The molecule has 2 aliphatic heterocycles. The highest BCUT2D eigenvalue weighted by atomic mass is 35.5. The highest BCUT2D eigenvalue weighted by Crippen LogP contribution is 2.29. The van der Waals surface area contributed by atoms with Crippen molar-refractivity contribution in [3.63, 3.8) is 0 Å². The quantitative estimate of drug-likeness (QED) is 0.427. The Kier molecular flexibility index (Phi) is 8.26. The number of aromatic nitrogens is 2. The predicted octanol–water partition coefficient (Wildman–Crippen LogP) is 5.83. The number of nitrogens with zero attached hydrogens (tertiary/aromatic N) is 3. The Morgan fingerprint density at radius 3 is 2.24 bits per heavy atom. The Balaban J connectivity index is 0.000000260. The molecule has 2 aliphatic rings. The Hall–Kier alpha value is -2.29. The third kappa shape index (κ3) is 5.62. The summed E-state index contributed by atoms with van der Waals surface area (Å²) in [5.41, 5.74) is 3.79. The number of benzene rings is 2. The van der Waals surface area contributed by atoms with Crippen molar-refractivity contribution >= 4 is 29.7 Å². The fraction of sp³-hybridized carbons (Fsp3) is 0.333. The van der Waals surface area contributed by atoms with Crippen LogP contribution in [-0.2, 0) is 20.8 Å². The van der Waals surface area contributed by atoms with Crippen molar-refractivity contribution in [1.29, 1.82) is 0 Å². The second kappa shape index (κ2) is 10.8. The normalized spacial score (nSPS) is 21.4. The summed E-state index contributed by atoms with van der Waals surface area (Å²) < 4.78 is 31.7. The molecule has 1 aromatic heterocycles. The first-order valence-corrected chi connectivity index (χ1v) is 10.8. The van der Waals surface area contributed by atoms with E-state index in [9.17, 15) is 4.39 Å². The van der Waals surface area contributed by atoms with E-state index in [4.69, 9.17) is 25.8 Å². The van der Waals surface area contributed by atoms with E-state index in [1.165, 1.54) is 6.07 Å². The molecule has 0 aliphatic carbocycles. The lowest BCUT2D eigenvalue weighted by Crippen LogP contribution is -2.35. The molecule has 0 saturated carbocycles. The first kappa shape index (κ1) is 25.3. The minimum Gasteiger partial charge on any atom is -0.324 e. The summed E-state index contributed by atoms with van der Waals surface area (Å²) in [5.74, 6) is 0.576. The van der Waals surface area contributed by atoms with Crippen LogP contribution in [0.3, 0.4) is 0 Å². The van der Waals surface area contributed by atoms with Crippen molar-refractivity contribution in [2.75, 3.05) is 0 Å². The van der Waals surface area contributed by atoms with E-state index in [1.807, 2.05) is 62.7 Å². The van der Waals surface area contributed by atoms with Crippen LogP contribution in [-0.4, -0.2) is 34.1 Å². The van der Waals surface area contributed by atoms with Gasteiger partial charge in [0.05, 0.1) is 29.8 Å². The van der Waals surface area contributed by atoms with E-state index >= 15 is 0 Å². The van der Waals surface area contributed by atoms with Gasteiger partial charge < -0.3 is 14.2 Å². The number of halogens is 3. The predicted molar refractivity (Wildman–Crippen MR) is 128 cm³/mol. The van der Waals surface area contributed by atoms with E-state index in [2.05, 4.69) is 9.98 Å². The van der Waals surface area contributed by atoms with Crippen LogP contribution in [0.1, 0.15) is 43.4 Å². The molecule has 3 aromatic rings. The lowest BCUT2D eigenvalue weighted by Gasteiger charge is -2.30. The Labute approximate surface area is 203 Å². The lowest BCUT2D eigenvalue weighted by molar-refractivity contribution is -0.367. The number of fused-ring (bicyclic) bond motifs is 3. The largest absolute Gasteiger partial charge is 0.324 e. The average Bonchev–Trinajstić information content (AvgIpc) is 3.01. The van der Waals surface area contributed by atoms with Gasteiger partial charge in [-0.15, -0.1) is 12.4 Å². The van der Waals surface area contributed by atoms with E-state index < -0.39 is 0 Å². The first-order chi connectivity index (χ1) is 15.3. The van der Waals surface area contributed by atoms with Crippen LogP contribution >= 0.6 is 24.0 Å². The van der Waals surface area contributed by atoms with Crippen LogP contribution in [0.25, 0.3) is 5.69 Å². The molecular formula is C24H26Cl2FN3O3. The van der Waals surface area contributed by atoms with Crippen molar-refractivity contribution in [2.45, 2.75) is 53.1 Å². The number of hydrogen-bond acceptors (Lipinski definition) is 5. The van der Waals surface area contributed by atoms with Gasteiger partial charge in [0.1, 0.15) is 11.6 Å². The maximum Gasteiger partial charge on any atom is 0.161 e. The van der Waals surface area contributed by atoms with Crippen LogP contribution in [0, 0.1) is 12.7 Å². The maximum atomic E-state index is 14.3. The molecule has 9 heteroatoms. The van der Waals surface area contributed by atoms with Gasteiger partial charge in [0.15, 0.2) is 18.9 Å². The zero-order chi connectivity index (χ0) is 22.8. The summed E-state index contributed by atoms with van der Waals surface area (Å²) in [5, 5.41) is 0.592. The summed E-state index contributed by atoms with van der Waals surface area (Å²) in [6.45, 7) is 7.95. The van der Waals surface area contributed by atoms with Crippen molar-refractivity contribution < 1.29 is 18.6 Å². The van der Waals surface area contributed by atoms with E-state index in [0.29, 0.717) is 22.8 Å². The molecule has 176 valence electrons. The third-order valence-corrected chi connectivity index (χ3v) is 5.38.